The molecule has 1 N–H and O–H groups in total. The maximum absolute atomic E-state index is 12.6. The minimum absolute atomic E-state index is 0.0270. The van der Waals surface area contributed by atoms with Crippen molar-refractivity contribution in [1.82, 2.24) is 14.5 Å². The number of amides is 3. The zero-order valence-corrected chi connectivity index (χ0v) is 19.7. The van der Waals surface area contributed by atoms with Crippen molar-refractivity contribution < 1.29 is 22.7 Å². The third-order valence-corrected chi connectivity index (χ3v) is 6.08. The lowest BCUT2D eigenvalue weighted by atomic mass is 10.1. The number of benzene rings is 2. The third kappa shape index (κ3) is 6.79. The van der Waals surface area contributed by atoms with Crippen LogP contribution in [-0.4, -0.2) is 68.0 Å². The minimum Gasteiger partial charge on any atom is -0.444 e. The van der Waals surface area contributed by atoms with E-state index < -0.39 is 27.7 Å². The van der Waals surface area contributed by atoms with Crippen LogP contribution in [0, 0.1) is 0 Å². The number of hydrogen-bond acceptors (Lipinski definition) is 5. The second-order valence-electron chi connectivity index (χ2n) is 8.48. The quantitative estimate of drug-likeness (QED) is 0.543. The molecule has 2 aromatic rings. The van der Waals surface area contributed by atoms with Crippen LogP contribution in [-0.2, 0) is 14.8 Å². The Kier molecular flexibility index (Phi) is 7.37. The number of urea groups is 1. The number of rotatable bonds is 3. The smallest absolute Gasteiger partial charge is 0.410 e. The Morgan fingerprint density at radius 2 is 1.39 bits per heavy atom. The summed E-state index contributed by atoms with van der Waals surface area (Å²) < 4.78 is 32.4. The molecular formula is C23H28N4O5S. The topological polar surface area (TPSA) is 108 Å². The van der Waals surface area contributed by atoms with E-state index in [1.54, 1.807) is 47.4 Å². The Bertz CT molecular complexity index is 1100. The normalized spacial score (nSPS) is 15.2. The zero-order valence-electron chi connectivity index (χ0n) is 18.9. The largest absolute Gasteiger partial charge is 0.444 e. The molecule has 2 aromatic carbocycles. The van der Waals surface area contributed by atoms with E-state index in [1.807, 2.05) is 36.5 Å². The number of nitrogens with zero attached hydrogens (tertiary/aromatic N) is 3. The van der Waals surface area contributed by atoms with Crippen LogP contribution in [0.25, 0.3) is 0 Å². The van der Waals surface area contributed by atoms with Crippen molar-refractivity contribution in [2.75, 3.05) is 26.2 Å². The average molecular weight is 473 g/mol. The van der Waals surface area contributed by atoms with Crippen molar-refractivity contribution in [1.29, 1.82) is 0 Å². The van der Waals surface area contributed by atoms with Gasteiger partial charge in [0.2, 0.25) is 0 Å². The van der Waals surface area contributed by atoms with E-state index in [-0.39, 0.29) is 4.90 Å². The van der Waals surface area contributed by atoms with Gasteiger partial charge in [0.1, 0.15) is 11.4 Å². The summed E-state index contributed by atoms with van der Waals surface area (Å²) in [5.41, 5.74) is 0.0724. The summed E-state index contributed by atoms with van der Waals surface area (Å²) in [5, 5.41) is 0. The second kappa shape index (κ2) is 10.0. The van der Waals surface area contributed by atoms with E-state index in [0.29, 0.717) is 37.6 Å². The molecule has 3 rings (SSSR count). The van der Waals surface area contributed by atoms with E-state index >= 15 is 0 Å². The number of hydrogen-bond donors (Lipinski definition) is 1. The average Bonchev–Trinajstić information content (AvgIpc) is 2.77. The fraction of sp³-hybridized carbons (Fsp3) is 0.348. The Labute approximate surface area is 194 Å². The molecular weight excluding hydrogens is 444 g/mol. The molecule has 0 atom stereocenters. The standard InChI is InChI=1S/C23H28N4O5S/c1-23(2,3)32-22(29)27-16-14-26(15-17-27)20(18-10-6-4-7-11-18)24-21(28)25-33(30,31)19-12-8-5-9-13-19/h4-13H,14-17H2,1-3H3,(H,25,28). The van der Waals surface area contributed by atoms with Crippen LogP contribution in [0.15, 0.2) is 70.6 Å². The number of ether oxygens (including phenoxy) is 1. The number of aliphatic imine (C=N–C) groups is 1. The fourth-order valence-electron chi connectivity index (χ4n) is 3.22. The van der Waals surface area contributed by atoms with Gasteiger partial charge in [-0.1, -0.05) is 48.5 Å². The summed E-state index contributed by atoms with van der Waals surface area (Å²) in [6.07, 6.45) is -0.396. The first-order valence-corrected chi connectivity index (χ1v) is 12.0. The molecule has 0 bridgehead atoms. The van der Waals surface area contributed by atoms with Crippen LogP contribution in [0.4, 0.5) is 9.59 Å². The molecule has 1 heterocycles. The van der Waals surface area contributed by atoms with Crippen LogP contribution in [0.3, 0.4) is 0 Å². The van der Waals surface area contributed by atoms with E-state index in [9.17, 15) is 18.0 Å². The van der Waals surface area contributed by atoms with Crippen molar-refractivity contribution in [2.45, 2.75) is 31.3 Å². The van der Waals surface area contributed by atoms with Gasteiger partial charge in [-0.15, -0.1) is 0 Å². The molecule has 33 heavy (non-hydrogen) atoms. The monoisotopic (exact) mass is 472 g/mol. The molecule has 1 aliphatic heterocycles. The van der Waals surface area contributed by atoms with E-state index in [0.717, 1.165) is 0 Å². The lowest BCUT2D eigenvalue weighted by Crippen LogP contribution is -2.52. The van der Waals surface area contributed by atoms with Gasteiger partial charge in [-0.3, -0.25) is 0 Å². The first kappa shape index (κ1) is 24.2. The van der Waals surface area contributed by atoms with Crippen molar-refractivity contribution >= 4 is 28.0 Å². The number of sulfonamides is 1. The molecule has 0 saturated carbocycles. The van der Waals surface area contributed by atoms with Gasteiger partial charge >= 0.3 is 12.1 Å². The summed E-state index contributed by atoms with van der Waals surface area (Å²) in [7, 11) is -4.05. The Morgan fingerprint density at radius 1 is 0.879 bits per heavy atom. The van der Waals surface area contributed by atoms with Crippen LogP contribution in [0.1, 0.15) is 26.3 Å². The Balaban J connectivity index is 1.77. The molecule has 176 valence electrons. The van der Waals surface area contributed by atoms with Gasteiger partial charge in [-0.25, -0.2) is 22.7 Å². The predicted molar refractivity (Wildman–Crippen MR) is 125 cm³/mol. The zero-order chi connectivity index (χ0) is 24.1. The summed E-state index contributed by atoms with van der Waals surface area (Å²) in [6, 6.07) is 15.7. The van der Waals surface area contributed by atoms with Crippen molar-refractivity contribution in [3.63, 3.8) is 0 Å². The summed E-state index contributed by atoms with van der Waals surface area (Å²) in [4.78, 5) is 32.5. The van der Waals surface area contributed by atoms with E-state index in [1.165, 1.54) is 12.1 Å². The maximum Gasteiger partial charge on any atom is 0.410 e. The maximum atomic E-state index is 12.6. The highest BCUT2D eigenvalue weighted by atomic mass is 32.2. The Hall–Kier alpha value is -3.40. The second-order valence-corrected chi connectivity index (χ2v) is 10.2. The van der Waals surface area contributed by atoms with Crippen molar-refractivity contribution in [2.24, 2.45) is 4.99 Å². The minimum atomic E-state index is -4.05. The predicted octanol–water partition coefficient (Wildman–Crippen LogP) is 3.08. The van der Waals surface area contributed by atoms with Gasteiger partial charge in [0, 0.05) is 31.7 Å². The summed E-state index contributed by atoms with van der Waals surface area (Å²) in [5.74, 6) is 0.334. The molecule has 10 heteroatoms. The van der Waals surface area contributed by atoms with Gasteiger partial charge in [0.05, 0.1) is 4.90 Å². The number of amidine groups is 1. The van der Waals surface area contributed by atoms with Gasteiger partial charge in [0.15, 0.2) is 0 Å². The van der Waals surface area contributed by atoms with Gasteiger partial charge in [-0.2, -0.15) is 4.99 Å². The van der Waals surface area contributed by atoms with Gasteiger partial charge < -0.3 is 14.5 Å². The Morgan fingerprint density at radius 3 is 1.94 bits per heavy atom. The molecule has 0 spiro atoms. The van der Waals surface area contributed by atoms with E-state index in [2.05, 4.69) is 4.99 Å². The highest BCUT2D eigenvalue weighted by molar-refractivity contribution is 7.90. The molecule has 1 saturated heterocycles. The van der Waals surface area contributed by atoms with Gasteiger partial charge in [0.25, 0.3) is 10.0 Å². The highest BCUT2D eigenvalue weighted by Gasteiger charge is 2.28. The van der Waals surface area contributed by atoms with Crippen LogP contribution in [0.2, 0.25) is 0 Å². The molecule has 1 aliphatic rings. The number of nitrogens with one attached hydrogen (secondary N) is 1. The molecule has 3 amide bonds. The first-order valence-electron chi connectivity index (χ1n) is 10.5. The fourth-order valence-corrected chi connectivity index (χ4v) is 4.13. The molecule has 0 radical (unpaired) electrons. The first-order chi connectivity index (χ1) is 15.5. The molecule has 9 nitrogen and oxygen atoms in total. The number of piperazine rings is 1. The van der Waals surface area contributed by atoms with Crippen LogP contribution in [0.5, 0.6) is 0 Å². The number of carbonyl (C=O) groups is 2. The lowest BCUT2D eigenvalue weighted by molar-refractivity contribution is 0.0187. The van der Waals surface area contributed by atoms with Crippen molar-refractivity contribution in [3.05, 3.63) is 66.2 Å². The molecule has 0 aliphatic carbocycles. The van der Waals surface area contributed by atoms with Crippen LogP contribution < -0.4 is 4.72 Å². The summed E-state index contributed by atoms with van der Waals surface area (Å²) >= 11 is 0. The molecule has 1 fully saturated rings. The lowest BCUT2D eigenvalue weighted by Gasteiger charge is -2.37. The highest BCUT2D eigenvalue weighted by Crippen LogP contribution is 2.15. The third-order valence-electron chi connectivity index (χ3n) is 4.75. The molecule has 0 unspecified atom stereocenters. The van der Waals surface area contributed by atoms with Crippen LogP contribution >= 0.6 is 0 Å². The van der Waals surface area contributed by atoms with E-state index in [4.69, 9.17) is 4.74 Å². The SMILES string of the molecule is CC(C)(C)OC(=O)N1CCN(C(=NC(=O)NS(=O)(=O)c2ccccc2)c2ccccc2)CC1. The van der Waals surface area contributed by atoms with Gasteiger partial charge in [-0.05, 0) is 32.9 Å². The molecule has 0 aromatic heterocycles. The number of carbonyl (C=O) groups excluding carboxylic acids is 2. The summed E-state index contributed by atoms with van der Waals surface area (Å²) in [6.45, 7) is 7.00. The van der Waals surface area contributed by atoms with Crippen molar-refractivity contribution in [3.8, 4) is 0 Å².